The van der Waals surface area contributed by atoms with Crippen LogP contribution in [0.25, 0.3) is 5.65 Å². The van der Waals surface area contributed by atoms with Crippen LogP contribution in [0, 0.1) is 0 Å². The Kier molecular flexibility index (Phi) is 3.25. The molecule has 1 aliphatic heterocycles. The average molecular weight is 261 g/mol. The number of rotatable bonds is 3. The van der Waals surface area contributed by atoms with Crippen molar-refractivity contribution in [2.24, 2.45) is 0 Å². The lowest BCUT2D eigenvalue weighted by Gasteiger charge is -2.33. The Morgan fingerprint density at radius 2 is 2.42 bits per heavy atom. The van der Waals surface area contributed by atoms with Gasteiger partial charge in [-0.3, -0.25) is 0 Å². The zero-order valence-corrected chi connectivity index (χ0v) is 11.1. The zero-order valence-electron chi connectivity index (χ0n) is 11.1. The zero-order chi connectivity index (χ0) is 13.2. The number of aromatic nitrogens is 3. The highest BCUT2D eigenvalue weighted by atomic mass is 16.5. The molecule has 0 radical (unpaired) electrons. The number of nitrogen functional groups attached to an aromatic ring is 1. The number of hydrogen-bond donors (Lipinski definition) is 1. The second kappa shape index (κ2) is 5.05. The third-order valence-electron chi connectivity index (χ3n) is 3.46. The van der Waals surface area contributed by atoms with Crippen LogP contribution in [0.15, 0.2) is 18.6 Å². The molecule has 0 spiro atoms. The molecule has 0 aromatic carbocycles. The molecule has 2 aromatic heterocycles. The molecule has 102 valence electrons. The van der Waals surface area contributed by atoms with Crippen molar-refractivity contribution in [1.82, 2.24) is 14.4 Å². The van der Waals surface area contributed by atoms with Crippen LogP contribution >= 0.6 is 0 Å². The number of hydrogen-bond acceptors (Lipinski definition) is 5. The van der Waals surface area contributed by atoms with E-state index in [-0.39, 0.29) is 6.10 Å². The Bertz CT molecular complexity index is 565. The second-order valence-electron chi connectivity index (χ2n) is 4.81. The van der Waals surface area contributed by atoms with Gasteiger partial charge in [-0.15, -0.1) is 0 Å². The highest BCUT2D eigenvalue weighted by Crippen LogP contribution is 2.24. The van der Waals surface area contributed by atoms with Crippen molar-refractivity contribution < 1.29 is 4.74 Å². The summed E-state index contributed by atoms with van der Waals surface area (Å²) in [5.41, 5.74) is 6.72. The van der Waals surface area contributed by atoms with Gasteiger partial charge < -0.3 is 19.8 Å². The molecule has 1 unspecified atom stereocenters. The van der Waals surface area contributed by atoms with E-state index in [1.54, 1.807) is 12.4 Å². The van der Waals surface area contributed by atoms with E-state index in [2.05, 4.69) is 14.9 Å². The van der Waals surface area contributed by atoms with Crippen LogP contribution < -0.4 is 10.6 Å². The van der Waals surface area contributed by atoms with Gasteiger partial charge in [0.1, 0.15) is 5.82 Å². The number of nitrogens with zero attached hydrogens (tertiary/aromatic N) is 4. The molecule has 1 aliphatic rings. The van der Waals surface area contributed by atoms with Crippen LogP contribution in [0.3, 0.4) is 0 Å². The van der Waals surface area contributed by atoms with Crippen molar-refractivity contribution in [1.29, 1.82) is 0 Å². The van der Waals surface area contributed by atoms with Gasteiger partial charge in [-0.05, 0) is 19.8 Å². The van der Waals surface area contributed by atoms with E-state index in [9.17, 15) is 0 Å². The van der Waals surface area contributed by atoms with E-state index in [0.29, 0.717) is 5.82 Å². The molecule has 6 heteroatoms. The number of imidazole rings is 1. The van der Waals surface area contributed by atoms with Gasteiger partial charge in [0.05, 0.1) is 12.3 Å². The average Bonchev–Trinajstić information content (AvgIpc) is 2.86. The fraction of sp³-hybridized carbons (Fsp3) is 0.538. The summed E-state index contributed by atoms with van der Waals surface area (Å²) in [6, 6.07) is 0. The van der Waals surface area contributed by atoms with Gasteiger partial charge in [-0.1, -0.05) is 0 Å². The molecule has 1 saturated heterocycles. The first kappa shape index (κ1) is 12.2. The summed E-state index contributed by atoms with van der Waals surface area (Å²) in [4.78, 5) is 11.0. The van der Waals surface area contributed by atoms with Gasteiger partial charge in [0.2, 0.25) is 0 Å². The summed E-state index contributed by atoms with van der Waals surface area (Å²) in [5, 5.41) is 0. The fourth-order valence-corrected chi connectivity index (χ4v) is 2.65. The quantitative estimate of drug-likeness (QED) is 0.902. The second-order valence-corrected chi connectivity index (χ2v) is 4.81. The maximum absolute atomic E-state index is 5.87. The topological polar surface area (TPSA) is 68.7 Å². The number of piperidine rings is 1. The fourth-order valence-electron chi connectivity index (χ4n) is 2.65. The van der Waals surface area contributed by atoms with Gasteiger partial charge in [0.15, 0.2) is 11.5 Å². The third-order valence-corrected chi connectivity index (χ3v) is 3.46. The molecule has 3 rings (SSSR count). The summed E-state index contributed by atoms with van der Waals surface area (Å²) in [7, 11) is 0. The van der Waals surface area contributed by atoms with Crippen molar-refractivity contribution in [3.63, 3.8) is 0 Å². The van der Waals surface area contributed by atoms with Crippen LogP contribution in [0.5, 0.6) is 0 Å². The minimum absolute atomic E-state index is 0.275. The Balaban J connectivity index is 1.92. The van der Waals surface area contributed by atoms with Crippen LogP contribution in [-0.4, -0.2) is 40.2 Å². The Hall–Kier alpha value is -1.82. The number of ether oxygens (including phenoxy) is 1. The van der Waals surface area contributed by atoms with Crippen molar-refractivity contribution in [2.45, 2.75) is 25.9 Å². The minimum atomic E-state index is 0.275. The summed E-state index contributed by atoms with van der Waals surface area (Å²) >= 11 is 0. The van der Waals surface area contributed by atoms with Crippen LogP contribution in [0.4, 0.5) is 11.6 Å². The van der Waals surface area contributed by atoms with E-state index >= 15 is 0 Å². The predicted molar refractivity (Wildman–Crippen MR) is 74.3 cm³/mol. The van der Waals surface area contributed by atoms with E-state index in [4.69, 9.17) is 10.5 Å². The van der Waals surface area contributed by atoms with Crippen LogP contribution in [-0.2, 0) is 4.74 Å². The lowest BCUT2D eigenvalue weighted by Crippen LogP contribution is -2.40. The molecule has 0 saturated carbocycles. The third kappa shape index (κ3) is 2.35. The molecule has 0 amide bonds. The Morgan fingerprint density at radius 1 is 1.53 bits per heavy atom. The van der Waals surface area contributed by atoms with Crippen molar-refractivity contribution in [3.05, 3.63) is 18.6 Å². The molecule has 2 N–H and O–H groups in total. The first-order valence-electron chi connectivity index (χ1n) is 6.73. The summed E-state index contributed by atoms with van der Waals surface area (Å²) in [6.45, 7) is 4.61. The molecule has 3 heterocycles. The standard InChI is InChI=1S/C13H19N5O/c1-2-19-10-4-3-6-17(8-10)13-12-15-5-7-18(12)9-11(14)16-13/h5,7,9-10H,2-4,6,8,14H2,1H3. The lowest BCUT2D eigenvalue weighted by molar-refractivity contribution is 0.0525. The maximum atomic E-state index is 5.87. The van der Waals surface area contributed by atoms with Gasteiger partial charge in [0, 0.05) is 32.1 Å². The molecule has 2 aromatic rings. The molecule has 0 bridgehead atoms. The summed E-state index contributed by atoms with van der Waals surface area (Å²) < 4.78 is 7.65. The molecule has 0 aliphatic carbocycles. The van der Waals surface area contributed by atoms with Gasteiger partial charge in [0.25, 0.3) is 0 Å². The largest absolute Gasteiger partial charge is 0.382 e. The van der Waals surface area contributed by atoms with E-state index in [1.165, 1.54) is 0 Å². The summed E-state index contributed by atoms with van der Waals surface area (Å²) in [6.07, 6.45) is 7.93. The molecule has 19 heavy (non-hydrogen) atoms. The van der Waals surface area contributed by atoms with Crippen molar-refractivity contribution in [3.8, 4) is 0 Å². The molecule has 6 nitrogen and oxygen atoms in total. The van der Waals surface area contributed by atoms with E-state index in [0.717, 1.165) is 44.0 Å². The smallest absolute Gasteiger partial charge is 0.180 e. The molecule has 1 fully saturated rings. The SMILES string of the molecule is CCOC1CCCN(c2nc(N)cn3ccnc23)C1. The molecular formula is C13H19N5O. The Labute approximate surface area is 112 Å². The van der Waals surface area contributed by atoms with E-state index in [1.807, 2.05) is 17.5 Å². The van der Waals surface area contributed by atoms with Crippen molar-refractivity contribution in [2.75, 3.05) is 30.3 Å². The first-order valence-corrected chi connectivity index (χ1v) is 6.73. The predicted octanol–water partition coefficient (Wildman–Crippen LogP) is 1.32. The van der Waals surface area contributed by atoms with E-state index < -0.39 is 0 Å². The lowest BCUT2D eigenvalue weighted by atomic mass is 10.1. The normalized spacial score (nSPS) is 20.1. The van der Waals surface area contributed by atoms with Crippen LogP contribution in [0.1, 0.15) is 19.8 Å². The number of anilines is 2. The monoisotopic (exact) mass is 261 g/mol. The number of nitrogens with two attached hydrogens (primary N) is 1. The van der Waals surface area contributed by atoms with Gasteiger partial charge in [-0.2, -0.15) is 0 Å². The Morgan fingerprint density at radius 3 is 3.26 bits per heavy atom. The maximum Gasteiger partial charge on any atom is 0.180 e. The van der Waals surface area contributed by atoms with Crippen molar-refractivity contribution >= 4 is 17.3 Å². The van der Waals surface area contributed by atoms with Gasteiger partial charge in [-0.25, -0.2) is 9.97 Å². The first-order chi connectivity index (χ1) is 9.28. The molecule has 1 atom stereocenters. The highest BCUT2D eigenvalue weighted by molar-refractivity contribution is 5.66. The molecular weight excluding hydrogens is 242 g/mol. The minimum Gasteiger partial charge on any atom is -0.382 e. The number of fused-ring (bicyclic) bond motifs is 1. The highest BCUT2D eigenvalue weighted by Gasteiger charge is 2.23. The van der Waals surface area contributed by atoms with Crippen LogP contribution in [0.2, 0.25) is 0 Å². The van der Waals surface area contributed by atoms with Gasteiger partial charge >= 0.3 is 0 Å². The summed E-state index contributed by atoms with van der Waals surface area (Å²) in [5.74, 6) is 1.37.